The molecule has 4 atom stereocenters. The summed E-state index contributed by atoms with van der Waals surface area (Å²) in [7, 11) is 0. The second kappa shape index (κ2) is 6.77. The first-order valence-corrected chi connectivity index (χ1v) is 11.1. The molecule has 0 spiro atoms. The molecule has 7 rings (SSSR count). The zero-order valence-electron chi connectivity index (χ0n) is 16.5. The third-order valence-corrected chi connectivity index (χ3v) is 7.84. The quantitative estimate of drug-likeness (QED) is 0.499. The Hall–Kier alpha value is -2.96. The van der Waals surface area contributed by atoms with Crippen LogP contribution in [-0.4, -0.2) is 23.6 Å². The van der Waals surface area contributed by atoms with E-state index in [2.05, 4.69) is 0 Å². The minimum absolute atomic E-state index is 0.297. The van der Waals surface area contributed by atoms with E-state index >= 15 is 0 Å². The number of allylic oxidation sites excluding steroid dienone is 2. The highest BCUT2D eigenvalue weighted by Gasteiger charge is 2.69. The lowest BCUT2D eigenvalue weighted by atomic mass is 9.54. The number of nitrogens with zero attached hydrogens (tertiary/aromatic N) is 2. The first-order chi connectivity index (χ1) is 15.4. The fourth-order valence-corrected chi connectivity index (χ4v) is 6.41. The molecule has 4 amide bonds. The molecular weight excluding hydrogens is 451 g/mol. The molecule has 2 saturated heterocycles. The van der Waals surface area contributed by atoms with Gasteiger partial charge in [-0.05, 0) is 24.3 Å². The minimum atomic E-state index is -0.696. The Balaban J connectivity index is 1.43. The van der Waals surface area contributed by atoms with Crippen molar-refractivity contribution in [3.8, 4) is 0 Å². The molecule has 1 saturated carbocycles. The van der Waals surface area contributed by atoms with Gasteiger partial charge in [-0.2, -0.15) is 0 Å². The average molecular weight is 467 g/mol. The highest BCUT2D eigenvalue weighted by atomic mass is 35.5. The second-order valence-electron chi connectivity index (χ2n) is 8.57. The fraction of sp³-hybridized carbons (Fsp3) is 0.250. The molecule has 4 unspecified atom stereocenters. The summed E-state index contributed by atoms with van der Waals surface area (Å²) < 4.78 is 0. The number of carbonyl (C=O) groups excluding carboxylic acids is 4. The monoisotopic (exact) mass is 466 g/mol. The molecule has 6 nitrogen and oxygen atoms in total. The van der Waals surface area contributed by atoms with Crippen LogP contribution in [-0.2, 0) is 19.2 Å². The molecule has 0 aromatic heterocycles. The van der Waals surface area contributed by atoms with E-state index in [4.69, 9.17) is 23.2 Å². The van der Waals surface area contributed by atoms with Crippen LogP contribution in [0.4, 0.5) is 11.4 Å². The summed E-state index contributed by atoms with van der Waals surface area (Å²) in [4.78, 5) is 56.1. The number of carbonyl (C=O) groups is 4. The highest BCUT2D eigenvalue weighted by Crippen LogP contribution is 2.59. The summed E-state index contributed by atoms with van der Waals surface area (Å²) in [5.41, 5.74) is 0.664. The molecular formula is C24H16Cl2N2O4. The molecule has 8 heteroatoms. The first-order valence-electron chi connectivity index (χ1n) is 10.3. The Kier molecular flexibility index (Phi) is 4.17. The van der Waals surface area contributed by atoms with Crippen LogP contribution in [0.2, 0.25) is 10.0 Å². The van der Waals surface area contributed by atoms with Crippen LogP contribution in [0.3, 0.4) is 0 Å². The third-order valence-electron chi connectivity index (χ3n) is 7.20. The van der Waals surface area contributed by atoms with E-state index in [-0.39, 0.29) is 23.6 Å². The minimum Gasteiger partial charge on any atom is -0.274 e. The fourth-order valence-electron chi connectivity index (χ4n) is 5.97. The summed E-state index contributed by atoms with van der Waals surface area (Å²) in [6, 6.07) is 13.4. The predicted octanol–water partition coefficient (Wildman–Crippen LogP) is 3.72. The number of anilines is 2. The molecule has 3 aliphatic carbocycles. The van der Waals surface area contributed by atoms with Gasteiger partial charge in [0, 0.05) is 11.8 Å². The number of hydrogen-bond donors (Lipinski definition) is 0. The summed E-state index contributed by atoms with van der Waals surface area (Å²) in [5.74, 6) is -5.35. The number of amides is 4. The van der Waals surface area contributed by atoms with Gasteiger partial charge in [-0.15, -0.1) is 0 Å². The first kappa shape index (κ1) is 19.7. The second-order valence-corrected chi connectivity index (χ2v) is 9.38. The maximum Gasteiger partial charge on any atom is 0.238 e. The molecule has 3 fully saturated rings. The van der Waals surface area contributed by atoms with Crippen LogP contribution in [0.5, 0.6) is 0 Å². The SMILES string of the molecule is O=C1C2C3C=CC(C2C(=O)N1c1ccccc1Cl)C1C(=O)N(c2ccccc2Cl)C(=O)C31. The molecule has 2 heterocycles. The van der Waals surface area contributed by atoms with E-state index in [0.29, 0.717) is 21.4 Å². The predicted molar refractivity (Wildman–Crippen MR) is 118 cm³/mol. The van der Waals surface area contributed by atoms with Gasteiger partial charge < -0.3 is 0 Å². The van der Waals surface area contributed by atoms with Crippen molar-refractivity contribution in [2.45, 2.75) is 0 Å². The molecule has 32 heavy (non-hydrogen) atoms. The van der Waals surface area contributed by atoms with E-state index in [0.717, 1.165) is 9.80 Å². The van der Waals surface area contributed by atoms with E-state index in [9.17, 15) is 19.2 Å². The van der Waals surface area contributed by atoms with Crippen LogP contribution in [0, 0.1) is 35.5 Å². The van der Waals surface area contributed by atoms with Gasteiger partial charge >= 0.3 is 0 Å². The van der Waals surface area contributed by atoms with Crippen molar-refractivity contribution in [3.63, 3.8) is 0 Å². The van der Waals surface area contributed by atoms with E-state index < -0.39 is 35.5 Å². The molecule has 160 valence electrons. The standard InChI is InChI=1S/C24H16Cl2N2O4/c25-13-5-1-3-7-15(13)27-21(29)17-11-9-10-12(18(17)22(27)30)20-19(11)23(31)28(24(20)32)16-8-4-2-6-14(16)26/h1-12,17-20H. The number of halogens is 2. The Bertz CT molecular complexity index is 1120. The lowest BCUT2D eigenvalue weighted by Crippen LogP contribution is -2.50. The van der Waals surface area contributed by atoms with Crippen molar-refractivity contribution in [1.29, 1.82) is 0 Å². The molecule has 0 N–H and O–H groups in total. The highest BCUT2D eigenvalue weighted by molar-refractivity contribution is 6.37. The maximum absolute atomic E-state index is 13.5. The largest absolute Gasteiger partial charge is 0.274 e. The Morgan fingerprint density at radius 3 is 1.16 bits per heavy atom. The van der Waals surface area contributed by atoms with Gasteiger partial charge in [0.2, 0.25) is 23.6 Å². The van der Waals surface area contributed by atoms with Crippen molar-refractivity contribution in [3.05, 3.63) is 70.7 Å². The van der Waals surface area contributed by atoms with Gasteiger partial charge in [0.25, 0.3) is 0 Å². The lowest BCUT2D eigenvalue weighted by molar-refractivity contribution is -0.137. The smallest absolute Gasteiger partial charge is 0.238 e. The number of hydrogen-bond acceptors (Lipinski definition) is 4. The van der Waals surface area contributed by atoms with Gasteiger partial charge in [0.05, 0.1) is 45.1 Å². The zero-order chi connectivity index (χ0) is 22.3. The number of rotatable bonds is 2. The van der Waals surface area contributed by atoms with Crippen LogP contribution in [0.25, 0.3) is 0 Å². The molecule has 0 radical (unpaired) electrons. The van der Waals surface area contributed by atoms with Gasteiger partial charge in [-0.1, -0.05) is 59.6 Å². The maximum atomic E-state index is 13.5. The number of imide groups is 2. The number of benzene rings is 2. The Labute approximate surface area is 193 Å². The molecule has 2 aromatic rings. The topological polar surface area (TPSA) is 74.8 Å². The summed E-state index contributed by atoms with van der Waals surface area (Å²) >= 11 is 12.6. The van der Waals surface area contributed by atoms with Crippen molar-refractivity contribution in [2.24, 2.45) is 35.5 Å². The van der Waals surface area contributed by atoms with Crippen molar-refractivity contribution < 1.29 is 19.2 Å². The Morgan fingerprint density at radius 1 is 0.531 bits per heavy atom. The van der Waals surface area contributed by atoms with Crippen LogP contribution >= 0.6 is 23.2 Å². The summed E-state index contributed by atoms with van der Waals surface area (Å²) in [6.07, 6.45) is 3.66. The molecule has 2 aromatic carbocycles. The number of para-hydroxylation sites is 2. The van der Waals surface area contributed by atoms with E-state index in [1.54, 1.807) is 48.5 Å². The average Bonchev–Trinajstić information content (AvgIpc) is 3.22. The normalized spacial score (nSPS) is 32.7. The van der Waals surface area contributed by atoms with E-state index in [1.165, 1.54) is 0 Å². The summed E-state index contributed by atoms with van der Waals surface area (Å²) in [6.45, 7) is 0. The van der Waals surface area contributed by atoms with Crippen molar-refractivity contribution in [1.82, 2.24) is 0 Å². The van der Waals surface area contributed by atoms with Crippen molar-refractivity contribution in [2.75, 3.05) is 9.80 Å². The molecule has 2 bridgehead atoms. The third kappa shape index (κ3) is 2.37. The van der Waals surface area contributed by atoms with Crippen LogP contribution < -0.4 is 9.80 Å². The van der Waals surface area contributed by atoms with Gasteiger partial charge in [0.15, 0.2) is 0 Å². The van der Waals surface area contributed by atoms with Gasteiger partial charge in [-0.25, -0.2) is 9.80 Å². The lowest BCUT2D eigenvalue weighted by Gasteiger charge is -2.44. The molecule has 5 aliphatic rings. The summed E-state index contributed by atoms with van der Waals surface area (Å²) in [5, 5.41) is 0.593. The zero-order valence-corrected chi connectivity index (χ0v) is 18.0. The van der Waals surface area contributed by atoms with E-state index in [1.807, 2.05) is 12.2 Å². The molecule has 2 aliphatic heterocycles. The van der Waals surface area contributed by atoms with Gasteiger partial charge in [0.1, 0.15) is 0 Å². The van der Waals surface area contributed by atoms with Gasteiger partial charge in [-0.3, -0.25) is 19.2 Å². The van der Waals surface area contributed by atoms with Crippen LogP contribution in [0.1, 0.15) is 0 Å². The Morgan fingerprint density at radius 2 is 0.844 bits per heavy atom. The van der Waals surface area contributed by atoms with Crippen molar-refractivity contribution >= 4 is 58.2 Å². The van der Waals surface area contributed by atoms with Crippen LogP contribution in [0.15, 0.2) is 60.7 Å².